The molecule has 0 unspecified atom stereocenters. The number of aromatic nitrogens is 1. The smallest absolute Gasteiger partial charge is 0.219 e. The van der Waals surface area contributed by atoms with Gasteiger partial charge < -0.3 is 14.8 Å². The van der Waals surface area contributed by atoms with Crippen molar-refractivity contribution in [3.63, 3.8) is 0 Å². The number of ether oxygens (including phenoxy) is 2. The Morgan fingerprint density at radius 3 is 2.67 bits per heavy atom. The van der Waals surface area contributed by atoms with Crippen molar-refractivity contribution in [3.05, 3.63) is 47.1 Å². The molecule has 0 fully saturated rings. The zero-order valence-corrected chi connectivity index (χ0v) is 13.1. The fraction of sp³-hybridized carbons (Fsp3) is 0.312. The second kappa shape index (κ2) is 7.29. The van der Waals surface area contributed by atoms with Crippen molar-refractivity contribution in [1.29, 1.82) is 0 Å². The Kier molecular flexibility index (Phi) is 5.42. The Morgan fingerprint density at radius 1 is 1.19 bits per heavy atom. The van der Waals surface area contributed by atoms with E-state index in [1.165, 1.54) is 0 Å². The molecule has 0 bridgehead atoms. The Hall–Kier alpha value is -1.78. The lowest BCUT2D eigenvalue weighted by Gasteiger charge is -2.11. The molecule has 112 valence electrons. The van der Waals surface area contributed by atoms with Gasteiger partial charge in [-0.3, -0.25) is 0 Å². The van der Waals surface area contributed by atoms with Gasteiger partial charge >= 0.3 is 0 Å². The Labute approximate surface area is 130 Å². The van der Waals surface area contributed by atoms with Gasteiger partial charge in [0, 0.05) is 24.7 Å². The van der Waals surface area contributed by atoms with Crippen LogP contribution in [0, 0.1) is 0 Å². The monoisotopic (exact) mass is 306 g/mol. The Bertz CT molecular complexity index is 603. The molecule has 0 aliphatic carbocycles. The van der Waals surface area contributed by atoms with Crippen LogP contribution in [0.3, 0.4) is 0 Å². The molecule has 1 heterocycles. The highest BCUT2D eigenvalue weighted by Gasteiger charge is 2.07. The molecule has 1 N–H and O–H groups in total. The molecule has 0 spiro atoms. The van der Waals surface area contributed by atoms with E-state index < -0.39 is 0 Å². The first-order chi connectivity index (χ1) is 10.1. The summed E-state index contributed by atoms with van der Waals surface area (Å²) >= 11 is 6.15. The molecular formula is C16H19ClN2O2. The summed E-state index contributed by atoms with van der Waals surface area (Å²) in [7, 11) is 1.62. The number of pyridine rings is 1. The van der Waals surface area contributed by atoms with Gasteiger partial charge in [0.25, 0.3) is 0 Å². The summed E-state index contributed by atoms with van der Waals surface area (Å²) in [6, 6.07) is 11.3. The van der Waals surface area contributed by atoms with Crippen LogP contribution in [0.1, 0.15) is 19.5 Å². The number of methoxy groups -OCH3 is 1. The largest absolute Gasteiger partial charge is 0.497 e. The Balaban J connectivity index is 2.14. The maximum atomic E-state index is 6.15. The van der Waals surface area contributed by atoms with Crippen LogP contribution in [0.5, 0.6) is 17.4 Å². The third-order valence-corrected chi connectivity index (χ3v) is 3.18. The summed E-state index contributed by atoms with van der Waals surface area (Å²) in [5.74, 6) is 1.92. The average molecular weight is 307 g/mol. The highest BCUT2D eigenvalue weighted by molar-refractivity contribution is 6.31. The maximum Gasteiger partial charge on any atom is 0.219 e. The fourth-order valence-corrected chi connectivity index (χ4v) is 1.90. The Morgan fingerprint density at radius 2 is 1.95 bits per heavy atom. The van der Waals surface area contributed by atoms with Gasteiger partial charge in [-0.2, -0.15) is 0 Å². The van der Waals surface area contributed by atoms with E-state index in [0.717, 1.165) is 11.4 Å². The molecule has 2 aromatic rings. The summed E-state index contributed by atoms with van der Waals surface area (Å²) < 4.78 is 10.9. The van der Waals surface area contributed by atoms with E-state index in [4.69, 9.17) is 21.1 Å². The molecule has 4 nitrogen and oxygen atoms in total. The summed E-state index contributed by atoms with van der Waals surface area (Å²) in [4.78, 5) is 4.44. The fourth-order valence-electron chi connectivity index (χ4n) is 1.73. The zero-order valence-electron chi connectivity index (χ0n) is 12.4. The summed E-state index contributed by atoms with van der Waals surface area (Å²) in [6.45, 7) is 4.75. The van der Waals surface area contributed by atoms with Gasteiger partial charge in [0.05, 0.1) is 17.8 Å². The topological polar surface area (TPSA) is 43.4 Å². The third kappa shape index (κ3) is 4.62. The number of benzene rings is 1. The average Bonchev–Trinajstić information content (AvgIpc) is 2.48. The molecule has 0 aliphatic heterocycles. The molecule has 2 rings (SSSR count). The van der Waals surface area contributed by atoms with E-state index in [1.807, 2.05) is 24.3 Å². The van der Waals surface area contributed by atoms with Crippen molar-refractivity contribution in [1.82, 2.24) is 10.3 Å². The van der Waals surface area contributed by atoms with Gasteiger partial charge in [-0.25, -0.2) is 4.98 Å². The first-order valence-electron chi connectivity index (χ1n) is 6.79. The lowest BCUT2D eigenvalue weighted by molar-refractivity contribution is 0.407. The van der Waals surface area contributed by atoms with Gasteiger partial charge in [0.2, 0.25) is 5.88 Å². The van der Waals surface area contributed by atoms with Crippen LogP contribution in [0.2, 0.25) is 5.02 Å². The lowest BCUT2D eigenvalue weighted by Crippen LogP contribution is -2.22. The van der Waals surface area contributed by atoms with E-state index in [0.29, 0.717) is 29.2 Å². The van der Waals surface area contributed by atoms with Gasteiger partial charge in [-0.1, -0.05) is 31.5 Å². The van der Waals surface area contributed by atoms with E-state index in [9.17, 15) is 0 Å². The van der Waals surface area contributed by atoms with Crippen molar-refractivity contribution in [2.24, 2.45) is 0 Å². The number of rotatable bonds is 6. The molecule has 21 heavy (non-hydrogen) atoms. The standard InChI is InChI=1S/C16H19ClN2O2/c1-11(2)18-10-15-14(17)7-8-16(19-15)21-13-6-4-5-12(9-13)20-3/h4-9,11,18H,10H2,1-3H3. The predicted molar refractivity (Wildman–Crippen MR) is 84.3 cm³/mol. The lowest BCUT2D eigenvalue weighted by atomic mass is 10.3. The number of hydrogen-bond donors (Lipinski definition) is 1. The van der Waals surface area contributed by atoms with Crippen molar-refractivity contribution in [2.75, 3.05) is 7.11 Å². The minimum Gasteiger partial charge on any atom is -0.497 e. The van der Waals surface area contributed by atoms with Crippen LogP contribution < -0.4 is 14.8 Å². The molecule has 0 saturated heterocycles. The molecule has 1 aromatic carbocycles. The van der Waals surface area contributed by atoms with Gasteiger partial charge in [0.1, 0.15) is 11.5 Å². The van der Waals surface area contributed by atoms with Crippen molar-refractivity contribution >= 4 is 11.6 Å². The number of nitrogens with one attached hydrogen (secondary N) is 1. The SMILES string of the molecule is COc1cccc(Oc2ccc(Cl)c(CNC(C)C)n2)c1. The van der Waals surface area contributed by atoms with E-state index in [1.54, 1.807) is 19.2 Å². The second-order valence-corrected chi connectivity index (χ2v) is 5.30. The first-order valence-corrected chi connectivity index (χ1v) is 7.17. The van der Waals surface area contributed by atoms with Crippen molar-refractivity contribution in [3.8, 4) is 17.4 Å². The third-order valence-electron chi connectivity index (χ3n) is 2.83. The molecule has 5 heteroatoms. The van der Waals surface area contributed by atoms with Crippen LogP contribution in [0.4, 0.5) is 0 Å². The van der Waals surface area contributed by atoms with E-state index in [-0.39, 0.29) is 0 Å². The van der Waals surface area contributed by atoms with Gasteiger partial charge in [-0.05, 0) is 18.2 Å². The number of nitrogens with zero attached hydrogens (tertiary/aromatic N) is 1. The predicted octanol–water partition coefficient (Wildman–Crippen LogP) is 4.03. The summed E-state index contributed by atoms with van der Waals surface area (Å²) in [5, 5.41) is 3.92. The zero-order chi connectivity index (χ0) is 15.2. The first kappa shape index (κ1) is 15.6. The minimum atomic E-state index is 0.367. The minimum absolute atomic E-state index is 0.367. The highest BCUT2D eigenvalue weighted by Crippen LogP contribution is 2.25. The molecule has 0 amide bonds. The number of halogens is 1. The van der Waals surface area contributed by atoms with Crippen LogP contribution in [0.25, 0.3) is 0 Å². The van der Waals surface area contributed by atoms with Crippen LogP contribution in [-0.2, 0) is 6.54 Å². The molecule has 1 aromatic heterocycles. The van der Waals surface area contributed by atoms with Crippen molar-refractivity contribution < 1.29 is 9.47 Å². The van der Waals surface area contributed by atoms with Crippen LogP contribution in [0.15, 0.2) is 36.4 Å². The second-order valence-electron chi connectivity index (χ2n) is 4.89. The summed E-state index contributed by atoms with van der Waals surface area (Å²) in [6.07, 6.45) is 0. The highest BCUT2D eigenvalue weighted by atomic mass is 35.5. The van der Waals surface area contributed by atoms with E-state index >= 15 is 0 Å². The van der Waals surface area contributed by atoms with Gasteiger partial charge in [-0.15, -0.1) is 0 Å². The van der Waals surface area contributed by atoms with E-state index in [2.05, 4.69) is 24.1 Å². The molecule has 0 radical (unpaired) electrons. The van der Waals surface area contributed by atoms with Gasteiger partial charge in [0.15, 0.2) is 0 Å². The summed E-state index contributed by atoms with van der Waals surface area (Å²) in [5.41, 5.74) is 0.769. The number of hydrogen-bond acceptors (Lipinski definition) is 4. The van der Waals surface area contributed by atoms with Crippen LogP contribution in [-0.4, -0.2) is 18.1 Å². The quantitative estimate of drug-likeness (QED) is 0.875. The molecule has 0 aliphatic rings. The van der Waals surface area contributed by atoms with Crippen LogP contribution >= 0.6 is 11.6 Å². The molecule has 0 saturated carbocycles. The normalized spacial score (nSPS) is 10.7. The maximum absolute atomic E-state index is 6.15. The van der Waals surface area contributed by atoms with Crippen molar-refractivity contribution in [2.45, 2.75) is 26.4 Å². The molecule has 0 atom stereocenters. The molecular weight excluding hydrogens is 288 g/mol.